The molecule has 0 saturated heterocycles. The molecule has 0 radical (unpaired) electrons. The van der Waals surface area contributed by atoms with Gasteiger partial charge in [0.2, 0.25) is 11.8 Å². The number of carbonyl (C=O) groups excluding carboxylic acids is 2. The molecule has 2 atom stereocenters. The summed E-state index contributed by atoms with van der Waals surface area (Å²) in [5, 5.41) is 15.1. The fraction of sp³-hybridized carbons (Fsp3) is 0.875. The normalized spacial score (nSPS) is 23.2. The summed E-state index contributed by atoms with van der Waals surface area (Å²) < 4.78 is 0. The van der Waals surface area contributed by atoms with E-state index in [9.17, 15) is 14.7 Å². The second kappa shape index (κ2) is 8.37. The molecule has 3 N–H and O–H groups in total. The second-order valence-electron chi connectivity index (χ2n) is 7.27. The van der Waals surface area contributed by atoms with Gasteiger partial charge in [-0.25, -0.2) is 0 Å². The predicted octanol–water partition coefficient (Wildman–Crippen LogP) is 1.60. The Morgan fingerprint density at radius 3 is 2.38 bits per heavy atom. The molecule has 122 valence electrons. The van der Waals surface area contributed by atoms with E-state index in [1.807, 2.05) is 20.8 Å². The van der Waals surface area contributed by atoms with Crippen molar-refractivity contribution in [1.29, 1.82) is 0 Å². The molecule has 0 aromatic carbocycles. The molecule has 1 saturated carbocycles. The molecular weight excluding hydrogens is 268 g/mol. The van der Waals surface area contributed by atoms with Gasteiger partial charge in [0.25, 0.3) is 0 Å². The highest BCUT2D eigenvalue weighted by atomic mass is 16.3. The van der Waals surface area contributed by atoms with Crippen LogP contribution in [0, 0.1) is 11.3 Å². The first-order valence-electron chi connectivity index (χ1n) is 7.99. The van der Waals surface area contributed by atoms with Crippen LogP contribution in [0.3, 0.4) is 0 Å². The lowest BCUT2D eigenvalue weighted by Gasteiger charge is -2.24. The lowest BCUT2D eigenvalue weighted by atomic mass is 9.92. The number of amides is 2. The van der Waals surface area contributed by atoms with Gasteiger partial charge in [-0.3, -0.25) is 9.59 Å². The summed E-state index contributed by atoms with van der Waals surface area (Å²) in [7, 11) is 0. The van der Waals surface area contributed by atoms with E-state index in [0.717, 1.165) is 32.1 Å². The molecule has 0 aromatic heterocycles. The van der Waals surface area contributed by atoms with Gasteiger partial charge in [0.05, 0.1) is 6.54 Å². The molecule has 2 amide bonds. The van der Waals surface area contributed by atoms with Crippen molar-refractivity contribution in [3.63, 3.8) is 0 Å². The molecule has 0 aliphatic heterocycles. The Bertz CT molecular complexity index is 350. The maximum atomic E-state index is 11.9. The first-order chi connectivity index (χ1) is 9.81. The maximum Gasteiger partial charge on any atom is 0.239 e. The van der Waals surface area contributed by atoms with Crippen LogP contribution in [0.1, 0.15) is 59.3 Å². The van der Waals surface area contributed by atoms with Crippen LogP contribution in [0.4, 0.5) is 0 Å². The van der Waals surface area contributed by atoms with Gasteiger partial charge in [0.15, 0.2) is 0 Å². The molecule has 0 heterocycles. The Hall–Kier alpha value is -1.10. The lowest BCUT2D eigenvalue weighted by molar-refractivity contribution is -0.127. The SMILES string of the molecule is CC(C)(C)CC(=O)NCC(=O)NC1CCCCCC1CO. The average molecular weight is 298 g/mol. The van der Waals surface area contributed by atoms with Crippen LogP contribution in [-0.4, -0.2) is 36.1 Å². The van der Waals surface area contributed by atoms with Crippen LogP contribution >= 0.6 is 0 Å². The molecule has 1 fully saturated rings. The minimum Gasteiger partial charge on any atom is -0.396 e. The van der Waals surface area contributed by atoms with E-state index in [2.05, 4.69) is 10.6 Å². The molecular formula is C16H30N2O3. The number of aliphatic hydroxyl groups excluding tert-OH is 1. The van der Waals surface area contributed by atoms with Gasteiger partial charge < -0.3 is 15.7 Å². The molecule has 2 unspecified atom stereocenters. The Labute approximate surface area is 127 Å². The minimum atomic E-state index is -0.164. The van der Waals surface area contributed by atoms with Crippen LogP contribution in [0.5, 0.6) is 0 Å². The second-order valence-corrected chi connectivity index (χ2v) is 7.27. The van der Waals surface area contributed by atoms with E-state index in [1.54, 1.807) is 0 Å². The molecule has 1 rings (SSSR count). The van der Waals surface area contributed by atoms with Crippen LogP contribution in [0.2, 0.25) is 0 Å². The first-order valence-corrected chi connectivity index (χ1v) is 7.99. The van der Waals surface area contributed by atoms with Gasteiger partial charge in [-0.15, -0.1) is 0 Å². The summed E-state index contributed by atoms with van der Waals surface area (Å²) in [6.45, 7) is 6.10. The fourth-order valence-corrected chi connectivity index (χ4v) is 2.77. The van der Waals surface area contributed by atoms with Gasteiger partial charge in [0, 0.05) is 25.0 Å². The zero-order valence-corrected chi connectivity index (χ0v) is 13.6. The predicted molar refractivity (Wildman–Crippen MR) is 82.7 cm³/mol. The van der Waals surface area contributed by atoms with Gasteiger partial charge in [-0.2, -0.15) is 0 Å². The molecule has 0 bridgehead atoms. The topological polar surface area (TPSA) is 78.4 Å². The van der Waals surface area contributed by atoms with Crippen molar-refractivity contribution in [2.24, 2.45) is 11.3 Å². The molecule has 21 heavy (non-hydrogen) atoms. The molecule has 0 spiro atoms. The monoisotopic (exact) mass is 298 g/mol. The minimum absolute atomic E-state index is 0.0174. The van der Waals surface area contributed by atoms with Crippen molar-refractivity contribution in [3.8, 4) is 0 Å². The summed E-state index contributed by atoms with van der Waals surface area (Å²) in [4.78, 5) is 23.6. The number of hydrogen-bond acceptors (Lipinski definition) is 3. The summed E-state index contributed by atoms with van der Waals surface area (Å²) in [5.41, 5.74) is -0.0795. The third kappa shape index (κ3) is 7.46. The van der Waals surface area contributed by atoms with Gasteiger partial charge in [-0.05, 0) is 18.3 Å². The van der Waals surface area contributed by atoms with Crippen molar-refractivity contribution in [2.45, 2.75) is 65.3 Å². The van der Waals surface area contributed by atoms with Gasteiger partial charge in [-0.1, -0.05) is 40.0 Å². The van der Waals surface area contributed by atoms with E-state index in [0.29, 0.717) is 6.42 Å². The Morgan fingerprint density at radius 2 is 1.76 bits per heavy atom. The van der Waals surface area contributed by atoms with Crippen LogP contribution in [-0.2, 0) is 9.59 Å². The van der Waals surface area contributed by atoms with Crippen molar-refractivity contribution in [3.05, 3.63) is 0 Å². The smallest absolute Gasteiger partial charge is 0.239 e. The highest BCUT2D eigenvalue weighted by molar-refractivity contribution is 5.85. The summed E-state index contributed by atoms with van der Waals surface area (Å²) >= 11 is 0. The van der Waals surface area contributed by atoms with Crippen LogP contribution in [0.15, 0.2) is 0 Å². The van der Waals surface area contributed by atoms with Gasteiger partial charge in [0.1, 0.15) is 0 Å². The Kier molecular flexibility index (Phi) is 7.15. The molecule has 0 aromatic rings. The third-order valence-electron chi connectivity index (χ3n) is 3.88. The van der Waals surface area contributed by atoms with Crippen LogP contribution < -0.4 is 10.6 Å². The zero-order valence-electron chi connectivity index (χ0n) is 13.6. The van der Waals surface area contributed by atoms with Gasteiger partial charge >= 0.3 is 0 Å². The largest absolute Gasteiger partial charge is 0.396 e. The molecule has 5 heteroatoms. The molecule has 1 aliphatic rings. The summed E-state index contributed by atoms with van der Waals surface area (Å²) in [6.07, 6.45) is 5.62. The Balaban J connectivity index is 2.36. The van der Waals surface area contributed by atoms with Crippen molar-refractivity contribution < 1.29 is 14.7 Å². The standard InChI is InChI=1S/C16H30N2O3/c1-16(2,3)9-14(20)17-10-15(21)18-13-8-6-4-5-7-12(13)11-19/h12-13,19H,4-11H2,1-3H3,(H,17,20)(H,18,21). The highest BCUT2D eigenvalue weighted by Gasteiger charge is 2.24. The Morgan fingerprint density at radius 1 is 1.10 bits per heavy atom. The number of aliphatic hydroxyl groups is 1. The number of carbonyl (C=O) groups is 2. The average Bonchev–Trinajstić information content (AvgIpc) is 2.59. The van der Waals surface area contributed by atoms with Crippen molar-refractivity contribution in [2.75, 3.05) is 13.2 Å². The first kappa shape index (κ1) is 18.0. The fourth-order valence-electron chi connectivity index (χ4n) is 2.77. The van der Waals surface area contributed by atoms with E-state index < -0.39 is 0 Å². The number of nitrogens with one attached hydrogen (secondary N) is 2. The third-order valence-corrected chi connectivity index (χ3v) is 3.88. The van der Waals surface area contributed by atoms with Crippen molar-refractivity contribution in [1.82, 2.24) is 10.6 Å². The summed E-state index contributed by atoms with van der Waals surface area (Å²) in [5.74, 6) is -0.124. The van der Waals surface area contributed by atoms with E-state index in [-0.39, 0.29) is 42.3 Å². The summed E-state index contributed by atoms with van der Waals surface area (Å²) in [6, 6.07) is 0.0320. The maximum absolute atomic E-state index is 11.9. The number of hydrogen-bond donors (Lipinski definition) is 3. The van der Waals surface area contributed by atoms with E-state index in [4.69, 9.17) is 0 Å². The van der Waals surface area contributed by atoms with E-state index >= 15 is 0 Å². The molecule has 5 nitrogen and oxygen atoms in total. The van der Waals surface area contributed by atoms with Crippen molar-refractivity contribution >= 4 is 11.8 Å². The van der Waals surface area contributed by atoms with E-state index in [1.165, 1.54) is 0 Å². The number of rotatable bonds is 5. The highest BCUT2D eigenvalue weighted by Crippen LogP contribution is 2.23. The molecule has 1 aliphatic carbocycles. The quantitative estimate of drug-likeness (QED) is 0.675. The van der Waals surface area contributed by atoms with Crippen LogP contribution in [0.25, 0.3) is 0 Å². The lowest BCUT2D eigenvalue weighted by Crippen LogP contribution is -2.45. The zero-order chi connectivity index (χ0) is 15.9.